The zero-order valence-electron chi connectivity index (χ0n) is 21.2. The second-order valence-corrected chi connectivity index (χ2v) is 14.0. The van der Waals surface area contributed by atoms with Crippen LogP contribution in [0.5, 0.6) is 0 Å². The Bertz CT molecular complexity index is 1620. The van der Waals surface area contributed by atoms with Crippen LogP contribution in [0.2, 0.25) is 0 Å². The number of H-pyrrole nitrogens is 1. The fraction of sp³-hybridized carbons (Fsp3) is 0.550. The third kappa shape index (κ3) is 5.82. The van der Waals surface area contributed by atoms with E-state index in [1.807, 2.05) is 0 Å². The molecule has 22 heteroatoms. The van der Waals surface area contributed by atoms with Gasteiger partial charge in [0.1, 0.15) is 36.6 Å². The summed E-state index contributed by atoms with van der Waals surface area (Å²) in [5, 5.41) is 2.88. The minimum atomic E-state index is -5.06. The maximum atomic E-state index is 15.7. The highest BCUT2D eigenvalue weighted by Gasteiger charge is 2.53. The summed E-state index contributed by atoms with van der Waals surface area (Å²) in [6.07, 6.45) is -6.62. The van der Waals surface area contributed by atoms with Crippen molar-refractivity contribution in [2.75, 3.05) is 24.3 Å². The Morgan fingerprint density at radius 1 is 1.17 bits per heavy atom. The molecule has 17 nitrogen and oxygen atoms in total. The van der Waals surface area contributed by atoms with Crippen molar-refractivity contribution in [2.45, 2.75) is 49.3 Å². The SMILES string of the molecule is Nc1nc2c(ncn2[C@@H]2O[C@@H]3CO[P@@](=O)(S)O[C@@H]4[C@@H](COP(=O)(O)O[C@@H]2[C@@H]3F)C[C@@H](Nc2ccncn2)[C@@H]4F)c(=O)[nH]1. The van der Waals surface area contributed by atoms with Crippen LogP contribution in [-0.4, -0.2) is 84.3 Å². The summed E-state index contributed by atoms with van der Waals surface area (Å²) >= 11 is 3.94. The molecule has 0 radical (unpaired) electrons. The monoisotopic (exact) mass is 652 g/mol. The van der Waals surface area contributed by atoms with E-state index in [0.29, 0.717) is 5.82 Å². The molecule has 5 N–H and O–H groups in total. The minimum absolute atomic E-state index is 0.0181. The average Bonchev–Trinajstić information content (AvgIpc) is 3.57. The summed E-state index contributed by atoms with van der Waals surface area (Å²) in [5.41, 5.74) is 4.63. The number of aromatic nitrogens is 6. The molecule has 2 saturated heterocycles. The Hall–Kier alpha value is -2.54. The second-order valence-electron chi connectivity index (χ2n) is 9.74. The van der Waals surface area contributed by atoms with Gasteiger partial charge in [0.2, 0.25) is 5.95 Å². The van der Waals surface area contributed by atoms with E-state index in [-0.39, 0.29) is 23.5 Å². The number of nitrogen functional groups attached to an aromatic ring is 1. The third-order valence-electron chi connectivity index (χ3n) is 6.99. The quantitative estimate of drug-likeness (QED) is 0.200. The standard InChI is InChI=1S/C20H24F2N8O9P2S/c21-12-9(27-11-1-2-24-6-25-11)3-8-4-35-40(32,33)38-16-13(22)10(5-36-41(34,42)39-15(8)12)37-19(16)30-7-26-14-17(30)28-20(23)29-18(14)31/h1-2,6-10,12-13,15-16,19H,3-5H2,(H,32,33)(H,34,42)(H,24,25,27)(H3,23,28,29,31)/t8-,9-,10-,12+,13-,15-,16-,19-,41-/m1/s1. The van der Waals surface area contributed by atoms with Gasteiger partial charge in [-0.3, -0.25) is 32.4 Å². The number of nitrogens with one attached hydrogen (secondary N) is 2. The van der Waals surface area contributed by atoms with E-state index < -0.39 is 82.2 Å². The van der Waals surface area contributed by atoms with Gasteiger partial charge >= 0.3 is 14.6 Å². The number of fused-ring (bicyclic) bond motifs is 4. The number of imidazole rings is 1. The van der Waals surface area contributed by atoms with Crippen LogP contribution < -0.4 is 16.6 Å². The first-order chi connectivity index (χ1) is 19.9. The first kappa shape index (κ1) is 29.5. The van der Waals surface area contributed by atoms with Crippen LogP contribution >= 0.6 is 26.9 Å². The van der Waals surface area contributed by atoms with Crippen molar-refractivity contribution in [2.24, 2.45) is 5.92 Å². The van der Waals surface area contributed by atoms with E-state index in [1.165, 1.54) is 18.6 Å². The van der Waals surface area contributed by atoms with E-state index in [4.69, 9.17) is 28.6 Å². The Kier molecular flexibility index (Phi) is 7.86. The zero-order valence-corrected chi connectivity index (χ0v) is 23.9. The summed E-state index contributed by atoms with van der Waals surface area (Å²) in [7, 11) is -5.06. The Morgan fingerprint density at radius 3 is 2.74 bits per heavy atom. The van der Waals surface area contributed by atoms with Gasteiger partial charge in [-0.05, 0) is 12.5 Å². The van der Waals surface area contributed by atoms with Crippen LogP contribution in [0.3, 0.4) is 0 Å². The fourth-order valence-corrected chi connectivity index (χ4v) is 7.60. The van der Waals surface area contributed by atoms with Crippen LogP contribution in [0, 0.1) is 5.92 Å². The Balaban J connectivity index is 1.29. The molecule has 42 heavy (non-hydrogen) atoms. The first-order valence-electron chi connectivity index (χ1n) is 12.4. The summed E-state index contributed by atoms with van der Waals surface area (Å²) in [6, 6.07) is 0.569. The molecule has 0 aromatic carbocycles. The fourth-order valence-electron chi connectivity index (χ4n) is 5.11. The van der Waals surface area contributed by atoms with Crippen molar-refractivity contribution in [3.8, 4) is 0 Å². The van der Waals surface area contributed by atoms with Gasteiger partial charge in [-0.25, -0.2) is 32.9 Å². The number of phosphoric ester groups is 1. The highest BCUT2D eigenvalue weighted by Crippen LogP contribution is 2.58. The van der Waals surface area contributed by atoms with Gasteiger partial charge in [-0.15, -0.1) is 0 Å². The van der Waals surface area contributed by atoms with Crippen molar-refractivity contribution < 1.29 is 45.6 Å². The molecule has 1 aliphatic carbocycles. The van der Waals surface area contributed by atoms with E-state index in [9.17, 15) is 18.8 Å². The number of hydrogen-bond acceptors (Lipinski definition) is 14. The summed E-state index contributed by atoms with van der Waals surface area (Å²) < 4.78 is 85.4. The van der Waals surface area contributed by atoms with Crippen LogP contribution in [0.25, 0.3) is 11.2 Å². The molecular weight excluding hydrogens is 628 g/mol. The Labute approximate surface area is 239 Å². The molecule has 3 aromatic heterocycles. The molecule has 2 bridgehead atoms. The summed E-state index contributed by atoms with van der Waals surface area (Å²) in [5.74, 6) is -0.930. The largest absolute Gasteiger partial charge is 0.472 e. The molecule has 3 aliphatic rings. The van der Waals surface area contributed by atoms with Crippen molar-refractivity contribution in [3.05, 3.63) is 35.3 Å². The van der Waals surface area contributed by atoms with Crippen LogP contribution in [0.1, 0.15) is 12.6 Å². The number of thiol groups is 1. The van der Waals surface area contributed by atoms with Crippen molar-refractivity contribution in [1.29, 1.82) is 0 Å². The summed E-state index contributed by atoms with van der Waals surface area (Å²) in [4.78, 5) is 40.8. The highest BCUT2D eigenvalue weighted by atomic mass is 32.7. The lowest BCUT2D eigenvalue weighted by atomic mass is 10.1. The number of halogens is 2. The summed E-state index contributed by atoms with van der Waals surface area (Å²) in [6.45, 7) is -5.72. The lowest BCUT2D eigenvalue weighted by Crippen LogP contribution is -2.34. The van der Waals surface area contributed by atoms with E-state index in [1.54, 1.807) is 0 Å². The van der Waals surface area contributed by atoms with E-state index >= 15 is 8.78 Å². The molecule has 3 aromatic rings. The van der Waals surface area contributed by atoms with Gasteiger partial charge in [0.05, 0.1) is 25.6 Å². The number of nitrogens with zero attached hydrogens (tertiary/aromatic N) is 5. The number of ether oxygens (including phenoxy) is 1. The molecule has 0 spiro atoms. The smallest absolute Gasteiger partial charge is 0.369 e. The molecule has 1 saturated carbocycles. The Morgan fingerprint density at radius 2 is 1.98 bits per heavy atom. The number of nitrogens with two attached hydrogens (primary N) is 1. The third-order valence-corrected chi connectivity index (χ3v) is 9.59. The van der Waals surface area contributed by atoms with Gasteiger partial charge in [0.15, 0.2) is 23.6 Å². The van der Waals surface area contributed by atoms with Gasteiger partial charge in [-0.1, -0.05) is 12.2 Å². The van der Waals surface area contributed by atoms with Crippen molar-refractivity contribution >= 4 is 49.8 Å². The molecule has 6 rings (SSSR count). The molecule has 228 valence electrons. The van der Waals surface area contributed by atoms with Crippen molar-refractivity contribution in [1.82, 2.24) is 29.5 Å². The number of phosphoric acid groups is 1. The minimum Gasteiger partial charge on any atom is -0.369 e. The van der Waals surface area contributed by atoms with Crippen LogP contribution in [-0.2, 0) is 32.0 Å². The lowest BCUT2D eigenvalue weighted by Gasteiger charge is -2.26. The number of alkyl halides is 2. The van der Waals surface area contributed by atoms with Gasteiger partial charge in [-0.2, -0.15) is 4.98 Å². The highest BCUT2D eigenvalue weighted by molar-refractivity contribution is 8.44. The number of hydrogen-bond donors (Lipinski definition) is 5. The van der Waals surface area contributed by atoms with E-state index in [2.05, 4.69) is 42.5 Å². The topological polar surface area (TPSA) is 228 Å². The predicted molar refractivity (Wildman–Crippen MR) is 142 cm³/mol. The maximum Gasteiger partial charge on any atom is 0.472 e. The molecular formula is C20H24F2N8O9P2S. The molecule has 3 fully saturated rings. The van der Waals surface area contributed by atoms with E-state index in [0.717, 1.165) is 10.9 Å². The number of rotatable bonds is 3. The maximum absolute atomic E-state index is 15.7. The van der Waals surface area contributed by atoms with Crippen LogP contribution in [0.15, 0.2) is 29.7 Å². The zero-order chi connectivity index (χ0) is 29.8. The average molecular weight is 652 g/mol. The molecule has 5 heterocycles. The number of anilines is 2. The van der Waals surface area contributed by atoms with Gasteiger partial charge in [0, 0.05) is 12.1 Å². The van der Waals surface area contributed by atoms with Crippen LogP contribution in [0.4, 0.5) is 20.5 Å². The molecule has 0 amide bonds. The normalized spacial score (nSPS) is 39.2. The first-order valence-corrected chi connectivity index (χ1v) is 16.6. The lowest BCUT2D eigenvalue weighted by molar-refractivity contribution is -0.0523. The molecule has 2 aliphatic heterocycles. The van der Waals surface area contributed by atoms with Gasteiger partial charge in [0.25, 0.3) is 5.56 Å². The number of aromatic amines is 1. The molecule has 1 unspecified atom stereocenters. The molecule has 10 atom stereocenters. The van der Waals surface area contributed by atoms with Gasteiger partial charge < -0.3 is 20.7 Å². The van der Waals surface area contributed by atoms with Crippen molar-refractivity contribution in [3.63, 3.8) is 0 Å². The predicted octanol–water partition coefficient (Wildman–Crippen LogP) is 1.52. The second kappa shape index (κ2) is 11.2.